The predicted molar refractivity (Wildman–Crippen MR) is 82.7 cm³/mol. The van der Waals surface area contributed by atoms with Crippen LogP contribution in [0.25, 0.3) is 0 Å². The molecule has 1 amide bonds. The molecule has 0 radical (unpaired) electrons. The summed E-state index contributed by atoms with van der Waals surface area (Å²) in [5, 5.41) is 9.46. The number of likely N-dealkylation sites (tertiary alicyclic amines) is 1. The molecule has 2 atom stereocenters. The number of amides is 1. The Balaban J connectivity index is 1.75. The van der Waals surface area contributed by atoms with Gasteiger partial charge in [-0.05, 0) is 5.56 Å². The van der Waals surface area contributed by atoms with Crippen LogP contribution in [0.1, 0.15) is 16.4 Å². The van der Waals surface area contributed by atoms with E-state index in [1.165, 1.54) is 11.3 Å². The van der Waals surface area contributed by atoms with Crippen LogP contribution in [0.3, 0.4) is 0 Å². The van der Waals surface area contributed by atoms with Crippen molar-refractivity contribution in [3.63, 3.8) is 0 Å². The monoisotopic (exact) mass is 316 g/mol. The Morgan fingerprint density at radius 3 is 2.68 bits per heavy atom. The van der Waals surface area contributed by atoms with E-state index < -0.39 is 11.9 Å². The molecule has 0 spiro atoms. The highest BCUT2D eigenvalue weighted by atomic mass is 32.1. The van der Waals surface area contributed by atoms with E-state index in [-0.39, 0.29) is 18.4 Å². The number of aromatic nitrogens is 1. The second kappa shape index (κ2) is 6.27. The molecule has 2 aromatic rings. The highest BCUT2D eigenvalue weighted by Gasteiger charge is 2.40. The predicted octanol–water partition coefficient (Wildman–Crippen LogP) is 2.01. The summed E-state index contributed by atoms with van der Waals surface area (Å²) in [6, 6.07) is 9.56. The van der Waals surface area contributed by atoms with Crippen LogP contribution in [0.4, 0.5) is 0 Å². The molecule has 0 unspecified atom stereocenters. The van der Waals surface area contributed by atoms with Crippen LogP contribution in [0, 0.1) is 5.92 Å². The van der Waals surface area contributed by atoms with Gasteiger partial charge in [-0.15, -0.1) is 11.3 Å². The molecule has 0 bridgehead atoms. The maximum Gasteiger partial charge on any atom is 0.308 e. The molecule has 1 aromatic carbocycles. The molecular formula is C16H16N2O3S. The molecule has 1 N–H and O–H groups in total. The van der Waals surface area contributed by atoms with Crippen molar-refractivity contribution >= 4 is 23.2 Å². The number of hydrogen-bond acceptors (Lipinski definition) is 4. The standard InChI is InChI=1S/C16H16N2O3S/c19-15(6-12-7-17-10-22-12)18-8-13(14(9-18)16(20)21)11-4-2-1-3-5-11/h1-5,7,10,13-14H,6,8-9H2,(H,20,21)/t13-,14+/m0/s1. The molecule has 114 valence electrons. The van der Waals surface area contributed by atoms with Crippen LogP contribution in [-0.4, -0.2) is 40.0 Å². The number of benzene rings is 1. The lowest BCUT2D eigenvalue weighted by molar-refractivity contribution is -0.141. The summed E-state index contributed by atoms with van der Waals surface area (Å²) < 4.78 is 0. The Labute approximate surface area is 132 Å². The number of carbonyl (C=O) groups excluding carboxylic acids is 1. The first kappa shape index (κ1) is 14.7. The van der Waals surface area contributed by atoms with Gasteiger partial charge < -0.3 is 10.0 Å². The van der Waals surface area contributed by atoms with Crippen molar-refractivity contribution in [1.82, 2.24) is 9.88 Å². The molecule has 1 aliphatic rings. The van der Waals surface area contributed by atoms with E-state index in [9.17, 15) is 14.7 Å². The van der Waals surface area contributed by atoms with Gasteiger partial charge in [0.25, 0.3) is 0 Å². The lowest BCUT2D eigenvalue weighted by Crippen LogP contribution is -2.31. The molecule has 1 saturated heterocycles. The minimum absolute atomic E-state index is 0.0334. The molecule has 1 aromatic heterocycles. The number of carboxylic acid groups (broad SMARTS) is 1. The second-order valence-corrected chi connectivity index (χ2v) is 6.38. The van der Waals surface area contributed by atoms with E-state index in [4.69, 9.17) is 0 Å². The fraction of sp³-hybridized carbons (Fsp3) is 0.312. The van der Waals surface area contributed by atoms with E-state index in [0.29, 0.717) is 13.0 Å². The zero-order chi connectivity index (χ0) is 15.5. The van der Waals surface area contributed by atoms with Gasteiger partial charge in [0.15, 0.2) is 0 Å². The summed E-state index contributed by atoms with van der Waals surface area (Å²) >= 11 is 1.44. The minimum Gasteiger partial charge on any atom is -0.481 e. The number of carboxylic acids is 1. The lowest BCUT2D eigenvalue weighted by Gasteiger charge is -2.16. The largest absolute Gasteiger partial charge is 0.481 e. The lowest BCUT2D eigenvalue weighted by atomic mass is 9.89. The minimum atomic E-state index is -0.845. The molecule has 0 aliphatic carbocycles. The Kier molecular flexibility index (Phi) is 4.20. The summed E-state index contributed by atoms with van der Waals surface area (Å²) in [5.74, 6) is -1.58. The Morgan fingerprint density at radius 2 is 2.05 bits per heavy atom. The molecule has 1 aliphatic heterocycles. The van der Waals surface area contributed by atoms with Crippen LogP contribution in [0.2, 0.25) is 0 Å². The average molecular weight is 316 g/mol. The van der Waals surface area contributed by atoms with Crippen molar-refractivity contribution in [2.75, 3.05) is 13.1 Å². The number of aliphatic carboxylic acids is 1. The SMILES string of the molecule is O=C(O)[C@@H]1CN(C(=O)Cc2cncs2)C[C@H]1c1ccccc1. The van der Waals surface area contributed by atoms with Gasteiger partial charge in [-0.2, -0.15) is 0 Å². The van der Waals surface area contributed by atoms with E-state index in [1.54, 1.807) is 16.6 Å². The van der Waals surface area contributed by atoms with Crippen LogP contribution in [0.15, 0.2) is 42.0 Å². The number of thiazole rings is 1. The zero-order valence-electron chi connectivity index (χ0n) is 11.9. The smallest absolute Gasteiger partial charge is 0.308 e. The van der Waals surface area contributed by atoms with Gasteiger partial charge in [0.05, 0.1) is 17.8 Å². The van der Waals surface area contributed by atoms with Gasteiger partial charge in [-0.1, -0.05) is 30.3 Å². The number of carbonyl (C=O) groups is 2. The van der Waals surface area contributed by atoms with Crippen molar-refractivity contribution in [2.24, 2.45) is 5.92 Å². The Bertz CT molecular complexity index is 657. The molecule has 5 nitrogen and oxygen atoms in total. The maximum absolute atomic E-state index is 12.4. The van der Waals surface area contributed by atoms with Crippen LogP contribution in [0.5, 0.6) is 0 Å². The molecule has 22 heavy (non-hydrogen) atoms. The van der Waals surface area contributed by atoms with Crippen molar-refractivity contribution < 1.29 is 14.7 Å². The van der Waals surface area contributed by atoms with Gasteiger partial charge in [-0.3, -0.25) is 14.6 Å². The third kappa shape index (κ3) is 3.01. The van der Waals surface area contributed by atoms with Crippen molar-refractivity contribution in [3.05, 3.63) is 52.5 Å². The summed E-state index contributed by atoms with van der Waals surface area (Å²) in [6.45, 7) is 0.727. The first-order valence-electron chi connectivity index (χ1n) is 7.08. The van der Waals surface area contributed by atoms with E-state index in [1.807, 2.05) is 30.3 Å². The van der Waals surface area contributed by atoms with E-state index >= 15 is 0 Å². The van der Waals surface area contributed by atoms with Gasteiger partial charge in [0.2, 0.25) is 5.91 Å². The first-order chi connectivity index (χ1) is 10.6. The van der Waals surface area contributed by atoms with Gasteiger partial charge in [0, 0.05) is 30.1 Å². The molecule has 2 heterocycles. The third-order valence-corrected chi connectivity index (χ3v) is 4.81. The Hall–Kier alpha value is -2.21. The highest BCUT2D eigenvalue weighted by molar-refractivity contribution is 7.09. The number of rotatable bonds is 4. The van der Waals surface area contributed by atoms with Crippen molar-refractivity contribution in [1.29, 1.82) is 0 Å². The normalized spacial score (nSPS) is 21.0. The van der Waals surface area contributed by atoms with Crippen LogP contribution < -0.4 is 0 Å². The fourth-order valence-electron chi connectivity index (χ4n) is 2.89. The van der Waals surface area contributed by atoms with Crippen molar-refractivity contribution in [2.45, 2.75) is 12.3 Å². The van der Waals surface area contributed by atoms with E-state index in [0.717, 1.165) is 10.4 Å². The number of hydrogen-bond donors (Lipinski definition) is 1. The van der Waals surface area contributed by atoms with Gasteiger partial charge in [0.1, 0.15) is 0 Å². The maximum atomic E-state index is 12.4. The molecule has 1 fully saturated rings. The summed E-state index contributed by atoms with van der Waals surface area (Å²) in [7, 11) is 0. The molecular weight excluding hydrogens is 300 g/mol. The second-order valence-electron chi connectivity index (χ2n) is 5.41. The highest BCUT2D eigenvalue weighted by Crippen LogP contribution is 2.33. The summed E-state index contributed by atoms with van der Waals surface area (Å²) in [4.78, 5) is 30.4. The summed E-state index contributed by atoms with van der Waals surface area (Å²) in [6.07, 6.45) is 1.97. The van der Waals surface area contributed by atoms with Gasteiger partial charge in [-0.25, -0.2) is 0 Å². The van der Waals surface area contributed by atoms with E-state index in [2.05, 4.69) is 4.98 Å². The van der Waals surface area contributed by atoms with Gasteiger partial charge >= 0.3 is 5.97 Å². The quantitative estimate of drug-likeness (QED) is 0.937. The van der Waals surface area contributed by atoms with Crippen LogP contribution >= 0.6 is 11.3 Å². The number of nitrogens with zero attached hydrogens (tertiary/aromatic N) is 2. The summed E-state index contributed by atoms with van der Waals surface area (Å²) in [5.41, 5.74) is 2.67. The molecule has 0 saturated carbocycles. The topological polar surface area (TPSA) is 70.5 Å². The zero-order valence-corrected chi connectivity index (χ0v) is 12.7. The third-order valence-electron chi connectivity index (χ3n) is 4.03. The average Bonchev–Trinajstić information content (AvgIpc) is 3.17. The van der Waals surface area contributed by atoms with Crippen molar-refractivity contribution in [3.8, 4) is 0 Å². The fourth-order valence-corrected chi connectivity index (χ4v) is 3.47. The molecule has 6 heteroatoms. The Morgan fingerprint density at radius 1 is 1.27 bits per heavy atom. The first-order valence-corrected chi connectivity index (χ1v) is 7.96. The molecule has 3 rings (SSSR count). The van der Waals surface area contributed by atoms with Crippen LogP contribution in [-0.2, 0) is 16.0 Å².